The number of furan rings is 1. The third kappa shape index (κ3) is 5.73. The van der Waals surface area contributed by atoms with Crippen LogP contribution in [0.2, 0.25) is 0 Å². The van der Waals surface area contributed by atoms with Gasteiger partial charge >= 0.3 is 0 Å². The Morgan fingerprint density at radius 3 is 2.24 bits per heavy atom. The van der Waals surface area contributed by atoms with E-state index in [-0.39, 0.29) is 42.5 Å². The van der Waals surface area contributed by atoms with E-state index in [0.717, 1.165) is 39.1 Å². The molecule has 0 atom stereocenters. The Morgan fingerprint density at radius 1 is 0.881 bits per heavy atom. The van der Waals surface area contributed by atoms with Crippen molar-refractivity contribution in [1.82, 2.24) is 4.98 Å². The van der Waals surface area contributed by atoms with E-state index in [1.807, 2.05) is 71.9 Å². The molecule has 1 N–H and O–H groups in total. The molecule has 219 valence electrons. The summed E-state index contributed by atoms with van der Waals surface area (Å²) in [4.78, 5) is 16.4. The molecule has 2 heterocycles. The van der Waals surface area contributed by atoms with Crippen molar-refractivity contribution in [2.45, 2.75) is 60.8 Å². The molecular weight excluding hydrogens is 699 g/mol. The first-order valence-electron chi connectivity index (χ1n) is 14.1. The van der Waals surface area contributed by atoms with E-state index in [1.165, 1.54) is 22.6 Å². The van der Waals surface area contributed by atoms with Crippen LogP contribution in [0.4, 0.5) is 0 Å². The summed E-state index contributed by atoms with van der Waals surface area (Å²) >= 11 is 0. The molecule has 0 spiro atoms. The monoisotopic (exact) mass is 737 g/mol. The summed E-state index contributed by atoms with van der Waals surface area (Å²) in [6.45, 7) is 15.7. The number of aliphatic hydroxyl groups excluding tert-OH is 1. The van der Waals surface area contributed by atoms with E-state index in [4.69, 9.17) is 9.40 Å². The van der Waals surface area contributed by atoms with Gasteiger partial charge in [0, 0.05) is 48.0 Å². The predicted octanol–water partition coefficient (Wildman–Crippen LogP) is 9.84. The van der Waals surface area contributed by atoms with Gasteiger partial charge in [0.25, 0.3) is 0 Å². The van der Waals surface area contributed by atoms with Crippen LogP contribution >= 0.6 is 0 Å². The number of carbonyl (C=O) groups excluding carboxylic acids is 1. The van der Waals surface area contributed by atoms with Crippen molar-refractivity contribution in [2.24, 2.45) is 10.8 Å². The van der Waals surface area contributed by atoms with Crippen molar-refractivity contribution in [3.63, 3.8) is 0 Å². The van der Waals surface area contributed by atoms with E-state index in [0.29, 0.717) is 0 Å². The van der Waals surface area contributed by atoms with Crippen molar-refractivity contribution in [3.05, 3.63) is 102 Å². The fraction of sp³-hybridized carbons (Fsp3) is 0.297. The molecule has 0 fully saturated rings. The van der Waals surface area contributed by atoms with Crippen molar-refractivity contribution in [2.75, 3.05) is 0 Å². The van der Waals surface area contributed by atoms with E-state index >= 15 is 0 Å². The fourth-order valence-corrected chi connectivity index (χ4v) is 5.28. The van der Waals surface area contributed by atoms with Crippen LogP contribution < -0.4 is 0 Å². The van der Waals surface area contributed by atoms with Crippen molar-refractivity contribution >= 4 is 27.7 Å². The van der Waals surface area contributed by atoms with E-state index in [2.05, 4.69) is 62.4 Å². The topological polar surface area (TPSA) is 63.3 Å². The Hall–Kier alpha value is -3.53. The van der Waals surface area contributed by atoms with Gasteiger partial charge in [-0.05, 0) is 28.6 Å². The van der Waals surface area contributed by atoms with Crippen molar-refractivity contribution < 1.29 is 34.4 Å². The number of pyridine rings is 1. The second-order valence-corrected chi connectivity index (χ2v) is 13.4. The maximum Gasteiger partial charge on any atom is 0.164 e. The number of carbonyl (C=O) groups is 1. The standard InChI is InChI=1S/C26H18NO.C11H20O2.Ir/c1-26(2)23-17(21-15-14-16-8-3-5-12-20(16)27-21)10-7-11-19(23)25-24(26)18-9-4-6-13-22(18)28-25;1-10(2,3)8(12)7-9(13)11(4,5)6;/h3-9,11-15H,1-2H3;7,12H,1-6H3;/q-1;;/b;8-7-;. The molecule has 1 aliphatic rings. The average molecular weight is 737 g/mol. The number of ketones is 1. The molecule has 5 aromatic rings. The molecule has 0 saturated heterocycles. The zero-order valence-electron chi connectivity index (χ0n) is 25.5. The quantitative estimate of drug-likeness (QED) is 0.111. The molecule has 0 aliphatic heterocycles. The number of hydrogen-bond donors (Lipinski definition) is 1. The number of hydrogen-bond acceptors (Lipinski definition) is 4. The molecule has 6 rings (SSSR count). The Balaban J connectivity index is 0.000000249. The summed E-state index contributed by atoms with van der Waals surface area (Å²) in [6.07, 6.45) is 1.33. The summed E-state index contributed by atoms with van der Waals surface area (Å²) < 4.78 is 6.30. The molecule has 4 nitrogen and oxygen atoms in total. The molecule has 1 radical (unpaired) electrons. The third-order valence-corrected chi connectivity index (χ3v) is 7.72. The second kappa shape index (κ2) is 11.3. The number of fused-ring (bicyclic) bond motifs is 6. The van der Waals surface area contributed by atoms with Crippen LogP contribution in [0.1, 0.15) is 66.5 Å². The maximum atomic E-state index is 11.5. The van der Waals surface area contributed by atoms with E-state index < -0.39 is 5.41 Å². The number of nitrogens with zero attached hydrogens (tertiary/aromatic N) is 1. The Labute approximate surface area is 262 Å². The summed E-state index contributed by atoms with van der Waals surface area (Å²) in [5.74, 6) is 1.09. The van der Waals surface area contributed by atoms with Crippen LogP contribution in [-0.2, 0) is 30.3 Å². The molecule has 42 heavy (non-hydrogen) atoms. The Bertz CT molecular complexity index is 1810. The van der Waals surface area contributed by atoms with Crippen LogP contribution in [0.25, 0.3) is 44.5 Å². The van der Waals surface area contributed by atoms with Crippen LogP contribution in [-0.4, -0.2) is 15.9 Å². The van der Waals surface area contributed by atoms with Gasteiger partial charge in [-0.15, -0.1) is 29.3 Å². The zero-order valence-corrected chi connectivity index (χ0v) is 27.9. The van der Waals surface area contributed by atoms with Gasteiger partial charge in [0.2, 0.25) is 0 Å². The number of rotatable bonds is 2. The van der Waals surface area contributed by atoms with Crippen LogP contribution in [0.3, 0.4) is 0 Å². The third-order valence-electron chi connectivity index (χ3n) is 7.72. The van der Waals surface area contributed by atoms with E-state index in [9.17, 15) is 9.90 Å². The molecule has 0 unspecified atom stereocenters. The SMILES string of the molecule is CC(C)(C)C(=O)/C=C(\O)C(C)(C)C.CC1(C)c2c(-c3ccc4ccccc4n3)[c-]ccc2-c2oc3ccccc3c21.[Ir]. The summed E-state index contributed by atoms with van der Waals surface area (Å²) in [6, 6.07) is 28.4. The van der Waals surface area contributed by atoms with Crippen LogP contribution in [0.5, 0.6) is 0 Å². The van der Waals surface area contributed by atoms with E-state index in [1.54, 1.807) is 0 Å². The smallest absolute Gasteiger partial charge is 0.164 e. The molecule has 0 amide bonds. The molecule has 0 bridgehead atoms. The number of benzene rings is 3. The van der Waals surface area contributed by atoms with Gasteiger partial charge in [0.15, 0.2) is 5.78 Å². The van der Waals surface area contributed by atoms with Gasteiger partial charge in [-0.3, -0.25) is 9.78 Å². The van der Waals surface area contributed by atoms with Gasteiger partial charge in [0.1, 0.15) is 17.1 Å². The zero-order chi connectivity index (χ0) is 29.7. The molecular formula is C37H38IrNO3-. The summed E-state index contributed by atoms with van der Waals surface area (Å²) in [5.41, 5.74) is 6.68. The Kier molecular flexibility index (Phi) is 8.43. The molecule has 1 aliphatic carbocycles. The van der Waals surface area contributed by atoms with Crippen LogP contribution in [0, 0.1) is 16.9 Å². The van der Waals surface area contributed by atoms with Gasteiger partial charge < -0.3 is 9.52 Å². The summed E-state index contributed by atoms with van der Waals surface area (Å²) in [7, 11) is 0. The maximum absolute atomic E-state index is 11.5. The van der Waals surface area contributed by atoms with Gasteiger partial charge in [-0.25, -0.2) is 0 Å². The van der Waals surface area contributed by atoms with Crippen LogP contribution in [0.15, 0.2) is 89.0 Å². The largest absolute Gasteiger partial charge is 0.512 e. The van der Waals surface area contributed by atoms with Crippen molar-refractivity contribution in [3.8, 4) is 22.6 Å². The molecule has 3 aromatic carbocycles. The van der Waals surface area contributed by atoms with Gasteiger partial charge in [-0.1, -0.05) is 109 Å². The average Bonchev–Trinajstić information content (AvgIpc) is 3.41. The van der Waals surface area contributed by atoms with Gasteiger partial charge in [-0.2, -0.15) is 0 Å². The minimum Gasteiger partial charge on any atom is -0.512 e. The first kappa shape index (κ1) is 31.4. The minimum absolute atomic E-state index is 0. The van der Waals surface area contributed by atoms with Gasteiger partial charge in [0.05, 0.1) is 5.52 Å². The fourth-order valence-electron chi connectivity index (χ4n) is 5.28. The first-order chi connectivity index (χ1) is 19.2. The molecule has 0 saturated carbocycles. The minimum atomic E-state index is -0.417. The predicted molar refractivity (Wildman–Crippen MR) is 168 cm³/mol. The second-order valence-electron chi connectivity index (χ2n) is 13.4. The molecule has 2 aromatic heterocycles. The number of para-hydroxylation sites is 2. The first-order valence-corrected chi connectivity index (χ1v) is 14.1. The number of aromatic nitrogens is 1. The normalized spacial score (nSPS) is 14.0. The number of aliphatic hydroxyl groups is 1. The Morgan fingerprint density at radius 2 is 1.55 bits per heavy atom. The summed E-state index contributed by atoms with van der Waals surface area (Å²) in [5, 5.41) is 11.9. The number of allylic oxidation sites excluding steroid dienone is 2. The van der Waals surface area contributed by atoms with Crippen molar-refractivity contribution in [1.29, 1.82) is 0 Å². The molecule has 5 heteroatoms.